The van der Waals surface area contributed by atoms with Crippen LogP contribution >= 0.6 is 0 Å². The van der Waals surface area contributed by atoms with Crippen molar-refractivity contribution in [2.24, 2.45) is 5.92 Å². The summed E-state index contributed by atoms with van der Waals surface area (Å²) in [6.45, 7) is 5.89. The fraction of sp³-hybridized carbons (Fsp3) is 1.00. The molecule has 3 rings (SSSR count). The SMILES string of the molecule is CCNC1CC2CCCC(C1)N2C(C)CC1CC1. The van der Waals surface area contributed by atoms with Gasteiger partial charge in [0, 0.05) is 24.2 Å². The molecule has 3 fully saturated rings. The van der Waals surface area contributed by atoms with Gasteiger partial charge in [0.2, 0.25) is 0 Å². The second kappa shape index (κ2) is 5.50. The molecular weight excluding hydrogens is 220 g/mol. The van der Waals surface area contributed by atoms with Crippen LogP contribution in [0.3, 0.4) is 0 Å². The molecule has 0 spiro atoms. The van der Waals surface area contributed by atoms with E-state index in [0.717, 1.165) is 36.6 Å². The quantitative estimate of drug-likeness (QED) is 0.806. The average molecular weight is 250 g/mol. The van der Waals surface area contributed by atoms with Crippen LogP contribution in [0.1, 0.15) is 65.2 Å². The summed E-state index contributed by atoms with van der Waals surface area (Å²) >= 11 is 0. The van der Waals surface area contributed by atoms with E-state index in [1.165, 1.54) is 51.4 Å². The number of fused-ring (bicyclic) bond motifs is 2. The van der Waals surface area contributed by atoms with Crippen LogP contribution < -0.4 is 5.32 Å². The first-order valence-electron chi connectivity index (χ1n) is 8.28. The second-order valence-corrected chi connectivity index (χ2v) is 6.94. The smallest absolute Gasteiger partial charge is 0.0116 e. The molecule has 2 saturated heterocycles. The van der Waals surface area contributed by atoms with Crippen LogP contribution in [0.4, 0.5) is 0 Å². The van der Waals surface area contributed by atoms with Crippen molar-refractivity contribution in [2.75, 3.05) is 6.54 Å². The van der Waals surface area contributed by atoms with Crippen LogP contribution in [0.5, 0.6) is 0 Å². The lowest BCUT2D eigenvalue weighted by Gasteiger charge is -2.52. The molecule has 2 heteroatoms. The molecule has 18 heavy (non-hydrogen) atoms. The largest absolute Gasteiger partial charge is 0.314 e. The van der Waals surface area contributed by atoms with Crippen molar-refractivity contribution in [1.82, 2.24) is 10.2 Å². The standard InChI is InChI=1S/C16H30N2/c1-3-17-14-10-15-5-4-6-16(11-14)18(15)12(2)9-13-7-8-13/h12-17H,3-11H2,1-2H3. The molecule has 2 heterocycles. The van der Waals surface area contributed by atoms with E-state index in [1.54, 1.807) is 0 Å². The summed E-state index contributed by atoms with van der Waals surface area (Å²) in [4.78, 5) is 2.93. The van der Waals surface area contributed by atoms with Crippen molar-refractivity contribution in [3.63, 3.8) is 0 Å². The Kier molecular flexibility index (Phi) is 3.95. The van der Waals surface area contributed by atoms with Crippen LogP contribution in [0.15, 0.2) is 0 Å². The van der Waals surface area contributed by atoms with E-state index in [2.05, 4.69) is 24.1 Å². The number of rotatable bonds is 5. The van der Waals surface area contributed by atoms with E-state index in [9.17, 15) is 0 Å². The maximum Gasteiger partial charge on any atom is 0.0116 e. The van der Waals surface area contributed by atoms with E-state index in [1.807, 2.05) is 0 Å². The molecule has 0 aromatic rings. The zero-order chi connectivity index (χ0) is 12.5. The Morgan fingerprint density at radius 3 is 2.33 bits per heavy atom. The van der Waals surface area contributed by atoms with Gasteiger partial charge in [-0.25, -0.2) is 0 Å². The van der Waals surface area contributed by atoms with Crippen LogP contribution in [-0.4, -0.2) is 35.6 Å². The van der Waals surface area contributed by atoms with E-state index in [-0.39, 0.29) is 0 Å². The van der Waals surface area contributed by atoms with Crippen LogP contribution in [0.25, 0.3) is 0 Å². The van der Waals surface area contributed by atoms with E-state index >= 15 is 0 Å². The lowest BCUT2D eigenvalue weighted by atomic mass is 9.80. The average Bonchev–Trinajstić information content (AvgIpc) is 3.12. The van der Waals surface area contributed by atoms with E-state index in [0.29, 0.717) is 0 Å². The van der Waals surface area contributed by atoms with Crippen LogP contribution in [0.2, 0.25) is 0 Å². The molecule has 3 aliphatic rings. The third kappa shape index (κ3) is 2.75. The highest BCUT2D eigenvalue weighted by Crippen LogP contribution is 2.40. The third-order valence-corrected chi connectivity index (χ3v) is 5.40. The molecule has 104 valence electrons. The van der Waals surface area contributed by atoms with E-state index < -0.39 is 0 Å². The molecule has 3 unspecified atom stereocenters. The minimum Gasteiger partial charge on any atom is -0.314 e. The Morgan fingerprint density at radius 1 is 1.11 bits per heavy atom. The predicted molar refractivity (Wildman–Crippen MR) is 76.8 cm³/mol. The van der Waals surface area contributed by atoms with Gasteiger partial charge in [-0.1, -0.05) is 26.2 Å². The zero-order valence-corrected chi connectivity index (χ0v) is 12.2. The predicted octanol–water partition coefficient (Wildman–Crippen LogP) is 3.17. The van der Waals surface area contributed by atoms with Gasteiger partial charge in [0.15, 0.2) is 0 Å². The van der Waals surface area contributed by atoms with Gasteiger partial charge < -0.3 is 5.32 Å². The Labute approximate surface area is 113 Å². The number of piperidine rings is 2. The van der Waals surface area contributed by atoms with Gasteiger partial charge in [-0.05, 0) is 51.5 Å². The monoisotopic (exact) mass is 250 g/mol. The first-order chi connectivity index (χ1) is 8.78. The molecule has 2 aliphatic heterocycles. The minimum atomic E-state index is 0.801. The van der Waals surface area contributed by atoms with Gasteiger partial charge in [0.25, 0.3) is 0 Å². The molecule has 0 aromatic carbocycles. The van der Waals surface area contributed by atoms with Crippen LogP contribution in [-0.2, 0) is 0 Å². The highest BCUT2D eigenvalue weighted by molar-refractivity contribution is 4.97. The normalized spacial score (nSPS) is 38.7. The topological polar surface area (TPSA) is 15.3 Å². The molecule has 1 aliphatic carbocycles. The third-order valence-electron chi connectivity index (χ3n) is 5.40. The molecule has 0 amide bonds. The van der Waals surface area contributed by atoms with Gasteiger partial charge >= 0.3 is 0 Å². The van der Waals surface area contributed by atoms with Crippen molar-refractivity contribution in [1.29, 1.82) is 0 Å². The zero-order valence-electron chi connectivity index (χ0n) is 12.2. The summed E-state index contributed by atoms with van der Waals surface area (Å²) in [5, 5.41) is 3.70. The minimum absolute atomic E-state index is 0.801. The molecule has 2 nitrogen and oxygen atoms in total. The van der Waals surface area contributed by atoms with Gasteiger partial charge in [-0.2, -0.15) is 0 Å². The van der Waals surface area contributed by atoms with Gasteiger partial charge in [-0.15, -0.1) is 0 Å². The highest BCUT2D eigenvalue weighted by Gasteiger charge is 2.41. The number of nitrogens with one attached hydrogen (secondary N) is 1. The fourth-order valence-corrected chi connectivity index (χ4v) is 4.55. The summed E-state index contributed by atoms with van der Waals surface area (Å²) in [6.07, 6.45) is 11.7. The maximum atomic E-state index is 3.70. The van der Waals surface area contributed by atoms with Crippen molar-refractivity contribution in [3.8, 4) is 0 Å². The number of nitrogens with zero attached hydrogens (tertiary/aromatic N) is 1. The number of hydrogen-bond donors (Lipinski definition) is 1. The summed E-state index contributed by atoms with van der Waals surface area (Å²) in [7, 11) is 0. The summed E-state index contributed by atoms with van der Waals surface area (Å²) in [6, 6.07) is 3.41. The maximum absolute atomic E-state index is 3.70. The Balaban J connectivity index is 1.63. The van der Waals surface area contributed by atoms with Gasteiger partial charge in [-0.3, -0.25) is 4.90 Å². The van der Waals surface area contributed by atoms with Crippen molar-refractivity contribution < 1.29 is 0 Å². The van der Waals surface area contributed by atoms with Gasteiger partial charge in [0.05, 0.1) is 0 Å². The Bertz CT molecular complexity index is 260. The number of hydrogen-bond acceptors (Lipinski definition) is 2. The molecule has 0 radical (unpaired) electrons. The summed E-state index contributed by atoms with van der Waals surface area (Å²) in [5.41, 5.74) is 0. The Morgan fingerprint density at radius 2 is 1.78 bits per heavy atom. The van der Waals surface area contributed by atoms with Crippen molar-refractivity contribution in [3.05, 3.63) is 0 Å². The van der Waals surface area contributed by atoms with Crippen molar-refractivity contribution >= 4 is 0 Å². The Hall–Kier alpha value is -0.0800. The molecule has 2 bridgehead atoms. The first kappa shape index (κ1) is 12.9. The molecule has 3 atom stereocenters. The molecule has 1 saturated carbocycles. The second-order valence-electron chi connectivity index (χ2n) is 6.94. The fourth-order valence-electron chi connectivity index (χ4n) is 4.55. The summed E-state index contributed by atoms with van der Waals surface area (Å²) in [5.74, 6) is 1.08. The van der Waals surface area contributed by atoms with Crippen LogP contribution in [0, 0.1) is 5.92 Å². The molecule has 0 aromatic heterocycles. The van der Waals surface area contributed by atoms with E-state index in [4.69, 9.17) is 0 Å². The van der Waals surface area contributed by atoms with Crippen molar-refractivity contribution in [2.45, 2.75) is 89.4 Å². The first-order valence-corrected chi connectivity index (χ1v) is 8.28. The highest BCUT2D eigenvalue weighted by atomic mass is 15.2. The summed E-state index contributed by atoms with van der Waals surface area (Å²) < 4.78 is 0. The molecule has 1 N–H and O–H groups in total. The van der Waals surface area contributed by atoms with Gasteiger partial charge in [0.1, 0.15) is 0 Å². The lowest BCUT2D eigenvalue weighted by Crippen LogP contribution is -2.59. The lowest BCUT2D eigenvalue weighted by molar-refractivity contribution is -0.00901. The molecular formula is C16H30N2.